The summed E-state index contributed by atoms with van der Waals surface area (Å²) in [6.45, 7) is 11.2. The lowest BCUT2D eigenvalue weighted by Gasteiger charge is -2.61. The predicted octanol–water partition coefficient (Wildman–Crippen LogP) is 2.25. The van der Waals surface area contributed by atoms with E-state index < -0.39 is 0 Å². The Balaban J connectivity index is 1.46. The van der Waals surface area contributed by atoms with E-state index in [2.05, 4.69) is 29.4 Å². The average molecular weight is 381 g/mol. The number of rotatable bonds is 9. The fourth-order valence-corrected chi connectivity index (χ4v) is 4.96. The number of hydrogen-bond donors (Lipinski definition) is 2. The molecule has 1 heterocycles. The second kappa shape index (κ2) is 10.1. The Kier molecular flexibility index (Phi) is 7.79. The topological polar surface area (TPSA) is 58.1 Å². The van der Waals surface area contributed by atoms with Crippen molar-refractivity contribution in [3.8, 4) is 0 Å². The molecule has 0 aromatic rings. The van der Waals surface area contributed by atoms with E-state index in [1.165, 1.54) is 45.2 Å². The Bertz CT molecular complexity index is 473. The largest absolute Gasteiger partial charge is 0.383 e. The van der Waals surface area contributed by atoms with E-state index in [-0.39, 0.29) is 0 Å². The molecule has 1 spiro atoms. The minimum Gasteiger partial charge on any atom is -0.383 e. The van der Waals surface area contributed by atoms with Crippen LogP contribution >= 0.6 is 0 Å². The third kappa shape index (κ3) is 4.96. The predicted molar refractivity (Wildman–Crippen MR) is 110 cm³/mol. The van der Waals surface area contributed by atoms with Gasteiger partial charge in [0.1, 0.15) is 0 Å². The summed E-state index contributed by atoms with van der Waals surface area (Å²) in [4.78, 5) is 7.46. The number of ether oxygens (including phenoxy) is 2. The average Bonchev–Trinajstić information content (AvgIpc) is 2.63. The van der Waals surface area contributed by atoms with Gasteiger partial charge in [-0.2, -0.15) is 0 Å². The molecule has 0 aromatic heterocycles. The zero-order valence-corrected chi connectivity index (χ0v) is 17.6. The summed E-state index contributed by atoms with van der Waals surface area (Å²) < 4.78 is 11.2. The van der Waals surface area contributed by atoms with Crippen molar-refractivity contribution in [2.24, 2.45) is 16.3 Å². The summed E-state index contributed by atoms with van der Waals surface area (Å²) in [6, 6.07) is 0.525. The Hall–Kier alpha value is -0.850. The van der Waals surface area contributed by atoms with Crippen LogP contribution in [0.25, 0.3) is 0 Å². The summed E-state index contributed by atoms with van der Waals surface area (Å²) in [6.07, 6.45) is 8.00. The van der Waals surface area contributed by atoms with Gasteiger partial charge in [-0.1, -0.05) is 6.42 Å². The van der Waals surface area contributed by atoms with Crippen LogP contribution in [0.2, 0.25) is 0 Å². The summed E-state index contributed by atoms with van der Waals surface area (Å²) in [5.41, 5.74) is 0.374. The number of nitrogens with zero attached hydrogens (tertiary/aromatic N) is 2. The maximum absolute atomic E-state index is 5.99. The number of guanidine groups is 1. The smallest absolute Gasteiger partial charge is 0.191 e. The maximum atomic E-state index is 5.99. The molecule has 156 valence electrons. The first-order valence-corrected chi connectivity index (χ1v) is 11.1. The van der Waals surface area contributed by atoms with Gasteiger partial charge in [-0.05, 0) is 65.0 Å². The molecule has 0 aromatic carbocycles. The summed E-state index contributed by atoms with van der Waals surface area (Å²) in [5.74, 6) is 1.71. The molecule has 27 heavy (non-hydrogen) atoms. The van der Waals surface area contributed by atoms with Crippen LogP contribution in [0.1, 0.15) is 52.4 Å². The van der Waals surface area contributed by atoms with E-state index in [1.807, 2.05) is 0 Å². The number of likely N-dealkylation sites (tertiary alicyclic amines) is 1. The van der Waals surface area contributed by atoms with Gasteiger partial charge in [0, 0.05) is 44.8 Å². The number of nitrogens with one attached hydrogen (secondary N) is 2. The molecule has 2 unspecified atom stereocenters. The van der Waals surface area contributed by atoms with Crippen LogP contribution in [0.5, 0.6) is 0 Å². The summed E-state index contributed by atoms with van der Waals surface area (Å²) in [5, 5.41) is 7.21. The lowest BCUT2D eigenvalue weighted by Crippen LogP contribution is -2.68. The first-order valence-electron chi connectivity index (χ1n) is 11.1. The lowest BCUT2D eigenvalue weighted by molar-refractivity contribution is -0.168. The Morgan fingerprint density at radius 2 is 2.00 bits per heavy atom. The summed E-state index contributed by atoms with van der Waals surface area (Å²) in [7, 11) is 1.78. The van der Waals surface area contributed by atoms with Crippen molar-refractivity contribution in [1.29, 1.82) is 0 Å². The van der Waals surface area contributed by atoms with Crippen molar-refractivity contribution < 1.29 is 9.47 Å². The van der Waals surface area contributed by atoms with E-state index in [0.717, 1.165) is 45.2 Å². The molecule has 0 radical (unpaired) electrons. The van der Waals surface area contributed by atoms with Crippen molar-refractivity contribution in [2.75, 3.05) is 53.0 Å². The highest BCUT2D eigenvalue weighted by Gasteiger charge is 2.59. The normalized spacial score (nSPS) is 28.6. The molecule has 6 heteroatoms. The quantitative estimate of drug-likeness (QED) is 0.475. The van der Waals surface area contributed by atoms with Gasteiger partial charge in [0.05, 0.1) is 12.7 Å². The van der Waals surface area contributed by atoms with Crippen molar-refractivity contribution in [3.05, 3.63) is 0 Å². The van der Waals surface area contributed by atoms with E-state index in [1.54, 1.807) is 7.11 Å². The maximum Gasteiger partial charge on any atom is 0.191 e. The molecule has 2 aliphatic carbocycles. The minimum absolute atomic E-state index is 0.374. The standard InChI is InChI=1S/C21H40N4O2/c1-4-22-20(23-16-17-7-11-25(12-8-17)13-14-26-3)24-18-15-19(27-5-2)21(18)9-6-10-21/h17-19H,4-16H2,1-3H3,(H2,22,23,24). The van der Waals surface area contributed by atoms with Gasteiger partial charge in [0.15, 0.2) is 5.96 Å². The third-order valence-corrected chi connectivity index (χ3v) is 6.92. The van der Waals surface area contributed by atoms with E-state index in [9.17, 15) is 0 Å². The molecule has 6 nitrogen and oxygen atoms in total. The molecule has 1 saturated heterocycles. The van der Waals surface area contributed by atoms with E-state index in [0.29, 0.717) is 23.5 Å². The van der Waals surface area contributed by atoms with Gasteiger partial charge in [-0.3, -0.25) is 4.99 Å². The highest BCUT2D eigenvalue weighted by Crippen LogP contribution is 2.57. The number of aliphatic imine (C=N–C) groups is 1. The van der Waals surface area contributed by atoms with Gasteiger partial charge in [0.2, 0.25) is 0 Å². The highest BCUT2D eigenvalue weighted by atomic mass is 16.5. The van der Waals surface area contributed by atoms with Gasteiger partial charge in [-0.25, -0.2) is 0 Å². The highest BCUT2D eigenvalue weighted by molar-refractivity contribution is 5.80. The van der Waals surface area contributed by atoms with Crippen LogP contribution in [0, 0.1) is 11.3 Å². The first kappa shape index (κ1) is 20.9. The van der Waals surface area contributed by atoms with Crippen LogP contribution in [0.3, 0.4) is 0 Å². The van der Waals surface area contributed by atoms with Crippen LogP contribution in [-0.4, -0.2) is 76.1 Å². The van der Waals surface area contributed by atoms with Crippen molar-refractivity contribution in [3.63, 3.8) is 0 Å². The van der Waals surface area contributed by atoms with E-state index >= 15 is 0 Å². The third-order valence-electron chi connectivity index (χ3n) is 6.92. The molecule has 3 fully saturated rings. The molecule has 2 saturated carbocycles. The van der Waals surface area contributed by atoms with Gasteiger partial charge in [-0.15, -0.1) is 0 Å². The molecule has 3 aliphatic rings. The Labute approximate surface area is 165 Å². The van der Waals surface area contributed by atoms with Crippen LogP contribution < -0.4 is 10.6 Å². The fourth-order valence-electron chi connectivity index (χ4n) is 4.96. The van der Waals surface area contributed by atoms with Crippen LogP contribution in [0.15, 0.2) is 4.99 Å². The number of piperidine rings is 1. The fraction of sp³-hybridized carbons (Fsp3) is 0.952. The zero-order valence-electron chi connectivity index (χ0n) is 17.6. The van der Waals surface area contributed by atoms with Gasteiger partial charge >= 0.3 is 0 Å². The second-order valence-electron chi connectivity index (χ2n) is 8.46. The molecule has 2 atom stereocenters. The van der Waals surface area contributed by atoms with Crippen molar-refractivity contribution in [1.82, 2.24) is 15.5 Å². The van der Waals surface area contributed by atoms with Crippen LogP contribution in [-0.2, 0) is 9.47 Å². The Morgan fingerprint density at radius 1 is 1.22 bits per heavy atom. The van der Waals surface area contributed by atoms with Gasteiger partial charge in [0.25, 0.3) is 0 Å². The molecule has 3 rings (SSSR count). The van der Waals surface area contributed by atoms with E-state index in [4.69, 9.17) is 14.5 Å². The molecule has 2 N–H and O–H groups in total. The lowest BCUT2D eigenvalue weighted by atomic mass is 9.51. The SMILES string of the molecule is CCNC(=NCC1CCN(CCOC)CC1)NC1CC(OCC)C12CCC2. The molecular weight excluding hydrogens is 340 g/mol. The number of methoxy groups -OCH3 is 1. The summed E-state index contributed by atoms with van der Waals surface area (Å²) >= 11 is 0. The first-order chi connectivity index (χ1) is 13.2. The zero-order chi connectivity index (χ0) is 19.1. The number of hydrogen-bond acceptors (Lipinski definition) is 4. The molecule has 0 bridgehead atoms. The monoisotopic (exact) mass is 380 g/mol. The molecular formula is C21H40N4O2. The van der Waals surface area contributed by atoms with Gasteiger partial charge < -0.3 is 25.0 Å². The van der Waals surface area contributed by atoms with Crippen LogP contribution in [0.4, 0.5) is 0 Å². The second-order valence-corrected chi connectivity index (χ2v) is 8.46. The van der Waals surface area contributed by atoms with Crippen molar-refractivity contribution in [2.45, 2.75) is 64.5 Å². The molecule has 0 amide bonds. The van der Waals surface area contributed by atoms with Crippen molar-refractivity contribution >= 4 is 5.96 Å². The molecule has 1 aliphatic heterocycles. The Morgan fingerprint density at radius 3 is 2.59 bits per heavy atom. The minimum atomic E-state index is 0.374.